The molecule has 0 aliphatic heterocycles. The highest BCUT2D eigenvalue weighted by molar-refractivity contribution is 5.91. The first kappa shape index (κ1) is 16.7. The summed E-state index contributed by atoms with van der Waals surface area (Å²) in [6, 6.07) is 17.7. The smallest absolute Gasteiger partial charge is 0.289 e. The maximum absolute atomic E-state index is 12.6. The molecule has 1 fully saturated rings. The van der Waals surface area contributed by atoms with Crippen LogP contribution in [0.2, 0.25) is 0 Å². The van der Waals surface area contributed by atoms with Crippen molar-refractivity contribution in [2.24, 2.45) is 5.92 Å². The number of benzene rings is 2. The maximum atomic E-state index is 12.6. The predicted octanol–water partition coefficient (Wildman–Crippen LogP) is 4.88. The van der Waals surface area contributed by atoms with E-state index in [1.54, 1.807) is 6.07 Å². The van der Waals surface area contributed by atoms with Crippen LogP contribution in [-0.2, 0) is 6.61 Å². The molecule has 4 rings (SSSR count). The molecule has 3 aromatic rings. The van der Waals surface area contributed by atoms with E-state index in [0.717, 1.165) is 17.7 Å². The molecule has 0 saturated heterocycles. The van der Waals surface area contributed by atoms with Gasteiger partial charge in [0, 0.05) is 13.1 Å². The highest BCUT2D eigenvalue weighted by Crippen LogP contribution is 2.30. The number of rotatable bonds is 7. The minimum Gasteiger partial charge on any atom is -0.486 e. The number of carbonyl (C=O) groups excluding carboxylic acids is 1. The molecule has 1 saturated carbocycles. The first-order valence-corrected chi connectivity index (χ1v) is 9.22. The Hall–Kier alpha value is -2.75. The predicted molar refractivity (Wildman–Crippen MR) is 101 cm³/mol. The first-order chi connectivity index (χ1) is 12.7. The minimum absolute atomic E-state index is 0.0312. The van der Waals surface area contributed by atoms with Crippen molar-refractivity contribution < 1.29 is 13.9 Å². The lowest BCUT2D eigenvalue weighted by Crippen LogP contribution is -2.32. The number of furan rings is 1. The van der Waals surface area contributed by atoms with Crippen molar-refractivity contribution in [3.63, 3.8) is 0 Å². The van der Waals surface area contributed by atoms with Crippen LogP contribution < -0.4 is 4.74 Å². The fourth-order valence-electron chi connectivity index (χ4n) is 3.11. The number of fused-ring (bicyclic) bond motifs is 1. The molecule has 0 radical (unpaired) electrons. The van der Waals surface area contributed by atoms with Gasteiger partial charge in [0.05, 0.1) is 0 Å². The summed E-state index contributed by atoms with van der Waals surface area (Å²) in [5, 5.41) is 2.32. The van der Waals surface area contributed by atoms with E-state index in [-0.39, 0.29) is 5.91 Å². The van der Waals surface area contributed by atoms with E-state index >= 15 is 0 Å². The quantitative estimate of drug-likeness (QED) is 0.610. The third-order valence-electron chi connectivity index (χ3n) is 4.82. The zero-order chi connectivity index (χ0) is 17.9. The van der Waals surface area contributed by atoms with Gasteiger partial charge in [-0.3, -0.25) is 4.79 Å². The molecule has 2 aromatic carbocycles. The van der Waals surface area contributed by atoms with Crippen molar-refractivity contribution in [2.75, 3.05) is 13.1 Å². The van der Waals surface area contributed by atoms with Crippen LogP contribution in [0.4, 0.5) is 0 Å². The second-order valence-corrected chi connectivity index (χ2v) is 6.85. The van der Waals surface area contributed by atoms with E-state index in [9.17, 15) is 4.79 Å². The molecule has 4 heteroatoms. The summed E-state index contributed by atoms with van der Waals surface area (Å²) in [6.07, 6.45) is 2.46. The molecule has 0 spiro atoms. The summed E-state index contributed by atoms with van der Waals surface area (Å²) in [6.45, 7) is 3.85. The van der Waals surface area contributed by atoms with Crippen molar-refractivity contribution in [1.29, 1.82) is 0 Å². The molecular formula is C22H23NO3. The van der Waals surface area contributed by atoms with Crippen molar-refractivity contribution in [2.45, 2.75) is 26.4 Å². The second-order valence-electron chi connectivity index (χ2n) is 6.85. The van der Waals surface area contributed by atoms with Gasteiger partial charge < -0.3 is 14.1 Å². The number of hydrogen-bond donors (Lipinski definition) is 0. The zero-order valence-electron chi connectivity index (χ0n) is 15.0. The molecule has 26 heavy (non-hydrogen) atoms. The number of carbonyl (C=O) groups is 1. The van der Waals surface area contributed by atoms with E-state index < -0.39 is 0 Å². The molecule has 1 heterocycles. The Kier molecular flexibility index (Phi) is 4.65. The normalized spacial score (nSPS) is 13.7. The van der Waals surface area contributed by atoms with Gasteiger partial charge in [0.15, 0.2) is 5.76 Å². The van der Waals surface area contributed by atoms with Crippen LogP contribution in [0.1, 0.15) is 36.1 Å². The fourth-order valence-corrected chi connectivity index (χ4v) is 3.11. The van der Waals surface area contributed by atoms with Gasteiger partial charge in [-0.2, -0.15) is 0 Å². The summed E-state index contributed by atoms with van der Waals surface area (Å²) in [5.41, 5.74) is 0. The lowest BCUT2D eigenvalue weighted by atomic mass is 10.1. The molecule has 0 atom stereocenters. The largest absolute Gasteiger partial charge is 0.486 e. The summed E-state index contributed by atoms with van der Waals surface area (Å²) in [7, 11) is 0. The molecule has 0 unspecified atom stereocenters. The Balaban J connectivity index is 1.40. The van der Waals surface area contributed by atoms with Gasteiger partial charge in [0.2, 0.25) is 0 Å². The molecule has 134 valence electrons. The van der Waals surface area contributed by atoms with Gasteiger partial charge in [0.25, 0.3) is 5.91 Å². The van der Waals surface area contributed by atoms with Gasteiger partial charge in [0.1, 0.15) is 18.1 Å². The molecule has 1 aromatic heterocycles. The lowest BCUT2D eigenvalue weighted by Gasteiger charge is -2.19. The average molecular weight is 349 g/mol. The summed E-state index contributed by atoms with van der Waals surface area (Å²) in [4.78, 5) is 14.4. The Morgan fingerprint density at radius 2 is 1.92 bits per heavy atom. The van der Waals surface area contributed by atoms with Crippen LogP contribution in [0.3, 0.4) is 0 Å². The van der Waals surface area contributed by atoms with E-state index in [1.807, 2.05) is 48.2 Å². The van der Waals surface area contributed by atoms with Gasteiger partial charge in [-0.1, -0.05) is 30.3 Å². The highest BCUT2D eigenvalue weighted by atomic mass is 16.5. The summed E-state index contributed by atoms with van der Waals surface area (Å²) >= 11 is 0. The van der Waals surface area contributed by atoms with Gasteiger partial charge in [-0.25, -0.2) is 0 Å². The third-order valence-corrected chi connectivity index (χ3v) is 4.82. The molecular weight excluding hydrogens is 326 g/mol. The minimum atomic E-state index is -0.0312. The number of ether oxygens (including phenoxy) is 1. The molecule has 1 amide bonds. The van der Waals surface area contributed by atoms with E-state index in [4.69, 9.17) is 9.15 Å². The van der Waals surface area contributed by atoms with Crippen molar-refractivity contribution in [3.05, 3.63) is 66.1 Å². The average Bonchev–Trinajstić information content (AvgIpc) is 3.38. The molecule has 1 aliphatic rings. The van der Waals surface area contributed by atoms with Crippen LogP contribution in [-0.4, -0.2) is 23.9 Å². The second kappa shape index (κ2) is 7.24. The molecule has 0 N–H and O–H groups in total. The topological polar surface area (TPSA) is 42.7 Å². The fraction of sp³-hybridized carbons (Fsp3) is 0.318. The molecule has 1 aliphatic carbocycles. The first-order valence-electron chi connectivity index (χ1n) is 9.22. The monoisotopic (exact) mass is 349 g/mol. The van der Waals surface area contributed by atoms with E-state index in [2.05, 4.69) is 12.1 Å². The summed E-state index contributed by atoms with van der Waals surface area (Å²) < 4.78 is 11.6. The van der Waals surface area contributed by atoms with Crippen molar-refractivity contribution in [1.82, 2.24) is 4.90 Å². The van der Waals surface area contributed by atoms with Gasteiger partial charge in [-0.05, 0) is 60.7 Å². The number of nitrogens with zero attached hydrogens (tertiary/aromatic N) is 1. The number of hydrogen-bond acceptors (Lipinski definition) is 3. The standard InChI is InChI=1S/C22H23NO3/c1-2-23(14-16-7-8-16)22(24)21-12-11-20(26-21)15-25-19-10-9-17-5-3-4-6-18(17)13-19/h3-6,9-13,16H,2,7-8,14-15H2,1H3. The van der Waals surface area contributed by atoms with Crippen LogP contribution in [0.25, 0.3) is 10.8 Å². The molecule has 4 nitrogen and oxygen atoms in total. The van der Waals surface area contributed by atoms with Crippen LogP contribution >= 0.6 is 0 Å². The summed E-state index contributed by atoms with van der Waals surface area (Å²) in [5.74, 6) is 2.48. The molecule has 0 bridgehead atoms. The van der Waals surface area contributed by atoms with E-state index in [1.165, 1.54) is 18.2 Å². The van der Waals surface area contributed by atoms with Gasteiger partial charge >= 0.3 is 0 Å². The van der Waals surface area contributed by atoms with Crippen LogP contribution in [0, 0.1) is 5.92 Å². The Labute approximate surface area is 153 Å². The zero-order valence-corrected chi connectivity index (χ0v) is 15.0. The highest BCUT2D eigenvalue weighted by Gasteiger charge is 2.27. The van der Waals surface area contributed by atoms with Crippen LogP contribution in [0.15, 0.2) is 59.0 Å². The Morgan fingerprint density at radius 3 is 2.69 bits per heavy atom. The van der Waals surface area contributed by atoms with Crippen molar-refractivity contribution in [3.8, 4) is 5.75 Å². The maximum Gasteiger partial charge on any atom is 0.289 e. The van der Waals surface area contributed by atoms with Crippen molar-refractivity contribution >= 4 is 16.7 Å². The number of amides is 1. The SMILES string of the molecule is CCN(CC1CC1)C(=O)c1ccc(COc2ccc3ccccc3c2)o1. The van der Waals surface area contributed by atoms with Gasteiger partial charge in [-0.15, -0.1) is 0 Å². The third kappa shape index (κ3) is 3.74. The Bertz CT molecular complexity index is 910. The Morgan fingerprint density at radius 1 is 1.12 bits per heavy atom. The van der Waals surface area contributed by atoms with E-state index in [0.29, 0.717) is 30.6 Å². The van der Waals surface area contributed by atoms with Crippen LogP contribution in [0.5, 0.6) is 5.75 Å². The lowest BCUT2D eigenvalue weighted by molar-refractivity contribution is 0.0720.